The third kappa shape index (κ3) is 3.80. The number of hydrogen-bond acceptors (Lipinski definition) is 4. The number of anilines is 1. The lowest BCUT2D eigenvalue weighted by molar-refractivity contribution is 0.0600. The molecule has 0 aliphatic heterocycles. The Kier molecular flexibility index (Phi) is 4.94. The van der Waals surface area contributed by atoms with Crippen molar-refractivity contribution in [3.05, 3.63) is 57.6 Å². The molecule has 0 spiro atoms. The van der Waals surface area contributed by atoms with E-state index in [2.05, 4.69) is 4.74 Å². The Morgan fingerprint density at radius 1 is 1.19 bits per heavy atom. The molecule has 0 radical (unpaired) electrons. The number of ether oxygens (including phenoxy) is 2. The maximum atomic E-state index is 11.4. The molecule has 0 aliphatic carbocycles. The molecule has 0 saturated carbocycles. The highest BCUT2D eigenvalue weighted by molar-refractivity contribution is 6.35. The largest absolute Gasteiger partial charge is 0.487 e. The van der Waals surface area contributed by atoms with Gasteiger partial charge in [-0.25, -0.2) is 4.79 Å². The van der Waals surface area contributed by atoms with E-state index in [1.165, 1.54) is 13.2 Å². The fourth-order valence-electron chi connectivity index (χ4n) is 1.72. The second kappa shape index (κ2) is 6.70. The molecule has 0 aliphatic rings. The van der Waals surface area contributed by atoms with Crippen molar-refractivity contribution in [1.82, 2.24) is 0 Å². The molecule has 21 heavy (non-hydrogen) atoms. The minimum Gasteiger partial charge on any atom is -0.487 e. The lowest BCUT2D eigenvalue weighted by Crippen LogP contribution is -2.04. The summed E-state index contributed by atoms with van der Waals surface area (Å²) < 4.78 is 10.2. The van der Waals surface area contributed by atoms with Crippen LogP contribution in [-0.4, -0.2) is 13.1 Å². The Hall–Kier alpha value is -1.91. The van der Waals surface area contributed by atoms with Crippen LogP contribution in [0.4, 0.5) is 5.69 Å². The van der Waals surface area contributed by atoms with Gasteiger partial charge in [-0.1, -0.05) is 29.3 Å². The molecule has 0 saturated heterocycles. The molecule has 110 valence electrons. The van der Waals surface area contributed by atoms with Crippen molar-refractivity contribution < 1.29 is 14.3 Å². The monoisotopic (exact) mass is 325 g/mol. The van der Waals surface area contributed by atoms with E-state index in [1.807, 2.05) is 0 Å². The molecule has 0 aromatic heterocycles. The number of hydrogen-bond donors (Lipinski definition) is 1. The van der Waals surface area contributed by atoms with Gasteiger partial charge in [-0.05, 0) is 30.3 Å². The van der Waals surface area contributed by atoms with Crippen molar-refractivity contribution in [1.29, 1.82) is 0 Å². The Morgan fingerprint density at radius 3 is 2.57 bits per heavy atom. The summed E-state index contributed by atoms with van der Waals surface area (Å²) in [5, 5.41) is 1.08. The van der Waals surface area contributed by atoms with Crippen LogP contribution in [0.25, 0.3) is 0 Å². The van der Waals surface area contributed by atoms with E-state index in [-0.39, 0.29) is 6.61 Å². The average Bonchev–Trinajstić information content (AvgIpc) is 2.46. The Morgan fingerprint density at radius 2 is 1.95 bits per heavy atom. The molecule has 2 aromatic carbocycles. The summed E-state index contributed by atoms with van der Waals surface area (Å²) in [6.45, 7) is 0.248. The van der Waals surface area contributed by atoms with E-state index in [0.29, 0.717) is 27.0 Å². The summed E-state index contributed by atoms with van der Waals surface area (Å²) in [4.78, 5) is 11.4. The number of benzene rings is 2. The summed E-state index contributed by atoms with van der Waals surface area (Å²) in [6, 6.07) is 9.86. The number of esters is 1. The van der Waals surface area contributed by atoms with Crippen LogP contribution in [0.5, 0.6) is 5.75 Å². The minimum atomic E-state index is -0.450. The van der Waals surface area contributed by atoms with E-state index >= 15 is 0 Å². The SMILES string of the molecule is COC(=O)c1ccc(OCc2ccc(Cl)cc2Cl)c(N)c1. The van der Waals surface area contributed by atoms with Gasteiger partial charge in [0.25, 0.3) is 0 Å². The van der Waals surface area contributed by atoms with Gasteiger partial charge in [-0.2, -0.15) is 0 Å². The normalized spacial score (nSPS) is 10.2. The first-order chi connectivity index (χ1) is 10.0. The number of methoxy groups -OCH3 is 1. The van der Waals surface area contributed by atoms with Crippen LogP contribution < -0.4 is 10.5 Å². The standard InChI is InChI=1S/C15H13Cl2NO3/c1-20-15(19)9-3-5-14(13(18)6-9)21-8-10-2-4-11(16)7-12(10)17/h2-7H,8,18H2,1H3. The van der Waals surface area contributed by atoms with Gasteiger partial charge in [0.2, 0.25) is 0 Å². The van der Waals surface area contributed by atoms with Crippen molar-refractivity contribution in [2.45, 2.75) is 6.61 Å². The van der Waals surface area contributed by atoms with Gasteiger partial charge in [-0.3, -0.25) is 0 Å². The predicted octanol–water partition coefficient (Wildman–Crippen LogP) is 3.94. The van der Waals surface area contributed by atoms with Crippen LogP contribution in [-0.2, 0) is 11.3 Å². The second-order valence-corrected chi connectivity index (χ2v) is 5.11. The average molecular weight is 326 g/mol. The first-order valence-electron chi connectivity index (χ1n) is 6.06. The summed E-state index contributed by atoms with van der Waals surface area (Å²) in [5.41, 5.74) is 7.36. The number of nitrogen functional groups attached to an aromatic ring is 1. The van der Waals surface area contributed by atoms with E-state index in [1.54, 1.807) is 30.3 Å². The fourth-order valence-corrected chi connectivity index (χ4v) is 2.18. The van der Waals surface area contributed by atoms with Crippen molar-refractivity contribution in [2.24, 2.45) is 0 Å². The zero-order chi connectivity index (χ0) is 15.4. The van der Waals surface area contributed by atoms with Crippen molar-refractivity contribution in [3.63, 3.8) is 0 Å². The first-order valence-corrected chi connectivity index (χ1v) is 6.81. The van der Waals surface area contributed by atoms with Gasteiger partial charge in [0.15, 0.2) is 0 Å². The smallest absolute Gasteiger partial charge is 0.337 e. The molecule has 4 nitrogen and oxygen atoms in total. The Labute approximate surface area is 132 Å². The zero-order valence-electron chi connectivity index (χ0n) is 11.2. The first kappa shape index (κ1) is 15.5. The molecular weight excluding hydrogens is 313 g/mol. The molecule has 0 fully saturated rings. The number of halogens is 2. The molecule has 0 atom stereocenters. The van der Waals surface area contributed by atoms with Crippen molar-refractivity contribution >= 4 is 34.9 Å². The topological polar surface area (TPSA) is 61.5 Å². The van der Waals surface area contributed by atoms with Crippen molar-refractivity contribution in [3.8, 4) is 5.75 Å². The molecule has 0 bridgehead atoms. The summed E-state index contributed by atoms with van der Waals surface area (Å²) in [5.74, 6) is 0.0164. The van der Waals surface area contributed by atoms with E-state index in [9.17, 15) is 4.79 Å². The van der Waals surface area contributed by atoms with Crippen LogP contribution in [0.3, 0.4) is 0 Å². The number of nitrogens with two attached hydrogens (primary N) is 1. The number of carbonyl (C=O) groups excluding carboxylic acids is 1. The van der Waals surface area contributed by atoms with Gasteiger partial charge < -0.3 is 15.2 Å². The van der Waals surface area contributed by atoms with Crippen LogP contribution in [0, 0.1) is 0 Å². The van der Waals surface area contributed by atoms with Gasteiger partial charge in [0.05, 0.1) is 18.4 Å². The molecule has 2 N–H and O–H groups in total. The Bertz CT molecular complexity index is 674. The molecule has 0 heterocycles. The minimum absolute atomic E-state index is 0.248. The maximum Gasteiger partial charge on any atom is 0.337 e. The highest BCUT2D eigenvalue weighted by Gasteiger charge is 2.09. The molecule has 0 amide bonds. The van der Waals surface area contributed by atoms with Crippen molar-refractivity contribution in [2.75, 3.05) is 12.8 Å². The van der Waals surface area contributed by atoms with Gasteiger partial charge >= 0.3 is 5.97 Å². The van der Waals surface area contributed by atoms with Crippen LogP contribution in [0.15, 0.2) is 36.4 Å². The molecule has 0 unspecified atom stereocenters. The summed E-state index contributed by atoms with van der Waals surface area (Å²) in [6.07, 6.45) is 0. The number of carbonyl (C=O) groups is 1. The van der Waals surface area contributed by atoms with Gasteiger partial charge in [0, 0.05) is 15.6 Å². The lowest BCUT2D eigenvalue weighted by Gasteiger charge is -2.11. The van der Waals surface area contributed by atoms with Crippen LogP contribution >= 0.6 is 23.2 Å². The highest BCUT2D eigenvalue weighted by atomic mass is 35.5. The summed E-state index contributed by atoms with van der Waals surface area (Å²) >= 11 is 11.9. The second-order valence-electron chi connectivity index (χ2n) is 4.27. The molecule has 2 aromatic rings. The number of rotatable bonds is 4. The molecule has 2 rings (SSSR count). The van der Waals surface area contributed by atoms with E-state index in [0.717, 1.165) is 5.56 Å². The van der Waals surface area contributed by atoms with E-state index in [4.69, 9.17) is 33.7 Å². The third-order valence-corrected chi connectivity index (χ3v) is 3.42. The van der Waals surface area contributed by atoms with E-state index < -0.39 is 5.97 Å². The predicted molar refractivity (Wildman–Crippen MR) is 83.0 cm³/mol. The fraction of sp³-hybridized carbons (Fsp3) is 0.133. The summed E-state index contributed by atoms with van der Waals surface area (Å²) in [7, 11) is 1.31. The quantitative estimate of drug-likeness (QED) is 0.683. The Balaban J connectivity index is 2.11. The van der Waals surface area contributed by atoms with Gasteiger partial charge in [0.1, 0.15) is 12.4 Å². The zero-order valence-corrected chi connectivity index (χ0v) is 12.7. The van der Waals surface area contributed by atoms with Crippen LogP contribution in [0.2, 0.25) is 10.0 Å². The third-order valence-electron chi connectivity index (χ3n) is 2.83. The highest BCUT2D eigenvalue weighted by Crippen LogP contribution is 2.26. The van der Waals surface area contributed by atoms with Gasteiger partial charge in [-0.15, -0.1) is 0 Å². The van der Waals surface area contributed by atoms with Crippen LogP contribution in [0.1, 0.15) is 15.9 Å². The molecule has 6 heteroatoms. The molecular formula is C15H13Cl2NO3. The lowest BCUT2D eigenvalue weighted by atomic mass is 10.2. The maximum absolute atomic E-state index is 11.4.